The van der Waals surface area contributed by atoms with Crippen LogP contribution in [0.15, 0.2) is 46.9 Å². The number of carbonyl (C=O) groups excluding carboxylic acids is 1. The van der Waals surface area contributed by atoms with E-state index in [2.05, 4.69) is 22.3 Å². The Hall–Kier alpha value is -2.11. The number of nitrogens with zero attached hydrogens (tertiary/aromatic N) is 1. The van der Waals surface area contributed by atoms with Crippen LogP contribution in [0.3, 0.4) is 0 Å². The lowest BCUT2D eigenvalue weighted by Gasteiger charge is -2.24. The van der Waals surface area contributed by atoms with Gasteiger partial charge in [-0.15, -0.1) is 0 Å². The summed E-state index contributed by atoms with van der Waals surface area (Å²) in [5.41, 5.74) is 1.16. The summed E-state index contributed by atoms with van der Waals surface area (Å²) in [5, 5.41) is 2.92. The van der Waals surface area contributed by atoms with Gasteiger partial charge in [0.25, 0.3) is 5.91 Å². The second kappa shape index (κ2) is 7.77. The number of nitrogens with one attached hydrogen (secondary N) is 1. The van der Waals surface area contributed by atoms with Gasteiger partial charge in [0.15, 0.2) is 5.76 Å². The molecule has 0 aliphatic rings. The summed E-state index contributed by atoms with van der Waals surface area (Å²) in [6.45, 7) is 0.869. The number of amides is 1. The smallest absolute Gasteiger partial charge is 0.287 e. The van der Waals surface area contributed by atoms with Crippen LogP contribution in [0, 0.1) is 0 Å². The fourth-order valence-corrected chi connectivity index (χ4v) is 2.27. The van der Waals surface area contributed by atoms with Crippen molar-refractivity contribution in [3.8, 4) is 0 Å². The molecule has 0 aliphatic heterocycles. The van der Waals surface area contributed by atoms with Crippen LogP contribution < -0.4 is 5.32 Å². The highest BCUT2D eigenvalue weighted by molar-refractivity contribution is 5.91. The van der Waals surface area contributed by atoms with Gasteiger partial charge in [0.05, 0.1) is 6.04 Å². The van der Waals surface area contributed by atoms with Gasteiger partial charge in [0.2, 0.25) is 0 Å². The highest BCUT2D eigenvalue weighted by Crippen LogP contribution is 2.17. The molecule has 0 radical (unpaired) electrons. The summed E-state index contributed by atoms with van der Waals surface area (Å²) in [5.74, 6) is 0.725. The molecule has 0 aliphatic carbocycles. The molecule has 1 amide bonds. The number of rotatable bonds is 7. The average Bonchev–Trinajstić information content (AvgIpc) is 2.97. The third-order valence-corrected chi connectivity index (χ3v) is 3.44. The molecule has 5 nitrogen and oxygen atoms in total. The van der Waals surface area contributed by atoms with Crippen LogP contribution >= 0.6 is 0 Å². The van der Waals surface area contributed by atoms with Crippen molar-refractivity contribution in [1.82, 2.24) is 10.2 Å². The summed E-state index contributed by atoms with van der Waals surface area (Å²) in [6, 6.07) is 13.6. The number of carbonyl (C=O) groups is 1. The number of benzene rings is 1. The predicted molar refractivity (Wildman–Crippen MR) is 84.6 cm³/mol. The van der Waals surface area contributed by atoms with Crippen molar-refractivity contribution in [3.63, 3.8) is 0 Å². The van der Waals surface area contributed by atoms with E-state index >= 15 is 0 Å². The third-order valence-electron chi connectivity index (χ3n) is 3.44. The SMILES string of the molecule is COCc1ccc(C(=O)NCC(c2ccccc2)N(C)C)o1. The second-order valence-electron chi connectivity index (χ2n) is 5.30. The average molecular weight is 302 g/mol. The lowest BCUT2D eigenvalue weighted by Crippen LogP contribution is -2.34. The summed E-state index contributed by atoms with van der Waals surface area (Å²) in [4.78, 5) is 14.2. The van der Waals surface area contributed by atoms with Crippen molar-refractivity contribution in [1.29, 1.82) is 0 Å². The molecule has 118 valence electrons. The lowest BCUT2D eigenvalue weighted by molar-refractivity contribution is 0.0905. The molecule has 2 rings (SSSR count). The minimum atomic E-state index is -0.217. The van der Waals surface area contributed by atoms with E-state index in [-0.39, 0.29) is 11.9 Å². The largest absolute Gasteiger partial charge is 0.453 e. The molecule has 1 unspecified atom stereocenters. The van der Waals surface area contributed by atoms with Crippen LogP contribution in [-0.4, -0.2) is 38.6 Å². The Morgan fingerprint density at radius 3 is 2.59 bits per heavy atom. The molecule has 22 heavy (non-hydrogen) atoms. The zero-order chi connectivity index (χ0) is 15.9. The maximum Gasteiger partial charge on any atom is 0.287 e. The number of methoxy groups -OCH3 is 1. The van der Waals surface area contributed by atoms with E-state index in [0.717, 1.165) is 5.56 Å². The number of likely N-dealkylation sites (N-methyl/N-ethyl adjacent to an activating group) is 1. The van der Waals surface area contributed by atoms with Gasteiger partial charge in [0, 0.05) is 13.7 Å². The fraction of sp³-hybridized carbons (Fsp3) is 0.353. The Labute approximate surface area is 130 Å². The standard InChI is InChI=1S/C17H22N2O3/c1-19(2)15(13-7-5-4-6-8-13)11-18-17(20)16-10-9-14(22-16)12-21-3/h4-10,15H,11-12H2,1-3H3,(H,18,20). The monoisotopic (exact) mass is 302 g/mol. The lowest BCUT2D eigenvalue weighted by atomic mass is 10.1. The summed E-state index contributed by atoms with van der Waals surface area (Å²) >= 11 is 0. The van der Waals surface area contributed by atoms with Gasteiger partial charge in [-0.1, -0.05) is 30.3 Å². The second-order valence-corrected chi connectivity index (χ2v) is 5.30. The van der Waals surface area contributed by atoms with E-state index < -0.39 is 0 Å². The molecule has 1 atom stereocenters. The van der Waals surface area contributed by atoms with E-state index in [4.69, 9.17) is 9.15 Å². The van der Waals surface area contributed by atoms with Gasteiger partial charge in [0.1, 0.15) is 12.4 Å². The topological polar surface area (TPSA) is 54.7 Å². The van der Waals surface area contributed by atoms with Crippen molar-refractivity contribution in [3.05, 3.63) is 59.5 Å². The number of ether oxygens (including phenoxy) is 1. The van der Waals surface area contributed by atoms with E-state index in [1.165, 1.54) is 0 Å². The first-order valence-corrected chi connectivity index (χ1v) is 7.19. The van der Waals surface area contributed by atoms with E-state index in [0.29, 0.717) is 24.7 Å². The zero-order valence-corrected chi connectivity index (χ0v) is 13.2. The molecule has 1 N–H and O–H groups in total. The molecule has 0 fully saturated rings. The Kier molecular flexibility index (Phi) is 5.75. The van der Waals surface area contributed by atoms with E-state index in [1.54, 1.807) is 19.2 Å². The first-order valence-electron chi connectivity index (χ1n) is 7.19. The van der Waals surface area contributed by atoms with Crippen LogP contribution in [0.1, 0.15) is 27.9 Å². The Balaban J connectivity index is 1.98. The number of hydrogen-bond donors (Lipinski definition) is 1. The summed E-state index contributed by atoms with van der Waals surface area (Å²) < 4.78 is 10.4. The zero-order valence-electron chi connectivity index (χ0n) is 13.2. The van der Waals surface area contributed by atoms with Gasteiger partial charge in [-0.05, 0) is 31.8 Å². The highest BCUT2D eigenvalue weighted by atomic mass is 16.5. The normalized spacial score (nSPS) is 12.4. The summed E-state index contributed by atoms with van der Waals surface area (Å²) in [6.07, 6.45) is 0. The summed E-state index contributed by atoms with van der Waals surface area (Å²) in [7, 11) is 5.57. The minimum Gasteiger partial charge on any atom is -0.453 e. The van der Waals surface area contributed by atoms with Crippen LogP contribution in [0.5, 0.6) is 0 Å². The molecule has 1 heterocycles. The van der Waals surface area contributed by atoms with Crippen LogP contribution in [-0.2, 0) is 11.3 Å². The minimum absolute atomic E-state index is 0.110. The van der Waals surface area contributed by atoms with Crippen LogP contribution in [0.4, 0.5) is 0 Å². The van der Waals surface area contributed by atoms with Crippen molar-refractivity contribution >= 4 is 5.91 Å². The van der Waals surface area contributed by atoms with Gasteiger partial charge in [-0.25, -0.2) is 0 Å². The van der Waals surface area contributed by atoms with Crippen molar-refractivity contribution in [2.24, 2.45) is 0 Å². The van der Waals surface area contributed by atoms with Crippen LogP contribution in [0.2, 0.25) is 0 Å². The molecule has 0 saturated carbocycles. The first kappa shape index (κ1) is 16.3. The quantitative estimate of drug-likeness (QED) is 0.853. The Bertz CT molecular complexity index is 593. The van der Waals surface area contributed by atoms with Crippen LogP contribution in [0.25, 0.3) is 0 Å². The van der Waals surface area contributed by atoms with E-state index in [1.807, 2.05) is 32.3 Å². The number of furan rings is 1. The molecular weight excluding hydrogens is 280 g/mol. The Morgan fingerprint density at radius 1 is 1.23 bits per heavy atom. The first-order chi connectivity index (χ1) is 10.6. The third kappa shape index (κ3) is 4.19. The molecule has 2 aromatic rings. The number of hydrogen-bond acceptors (Lipinski definition) is 4. The van der Waals surface area contributed by atoms with Crippen molar-refractivity contribution in [2.75, 3.05) is 27.7 Å². The van der Waals surface area contributed by atoms with Crippen molar-refractivity contribution in [2.45, 2.75) is 12.6 Å². The highest BCUT2D eigenvalue weighted by Gasteiger charge is 2.17. The molecule has 0 bridgehead atoms. The Morgan fingerprint density at radius 2 is 1.95 bits per heavy atom. The predicted octanol–water partition coefficient (Wildman–Crippen LogP) is 2.46. The van der Waals surface area contributed by atoms with Gasteiger partial charge in [-0.2, -0.15) is 0 Å². The van der Waals surface area contributed by atoms with E-state index in [9.17, 15) is 4.79 Å². The molecular formula is C17H22N2O3. The van der Waals surface area contributed by atoms with Gasteiger partial charge >= 0.3 is 0 Å². The van der Waals surface area contributed by atoms with Gasteiger partial charge in [-0.3, -0.25) is 4.79 Å². The molecule has 5 heteroatoms. The maximum absolute atomic E-state index is 12.2. The van der Waals surface area contributed by atoms with Crippen molar-refractivity contribution < 1.29 is 13.9 Å². The molecule has 1 aromatic heterocycles. The fourth-order valence-electron chi connectivity index (χ4n) is 2.27. The molecule has 1 aromatic carbocycles. The molecule has 0 saturated heterocycles. The maximum atomic E-state index is 12.2. The van der Waals surface area contributed by atoms with Gasteiger partial charge < -0.3 is 19.4 Å². The molecule has 0 spiro atoms.